The minimum Gasteiger partial charge on any atom is -0.469 e. The summed E-state index contributed by atoms with van der Waals surface area (Å²) in [6.45, 7) is -0.488. The van der Waals surface area contributed by atoms with Gasteiger partial charge >= 0.3 is 5.97 Å². The van der Waals surface area contributed by atoms with E-state index in [1.54, 1.807) is 24.3 Å². The first-order chi connectivity index (χ1) is 11.5. The maximum Gasteiger partial charge on any atom is 0.306 e. The fraction of sp³-hybridized carbons (Fsp3) is 0.188. The Morgan fingerprint density at radius 2 is 1.83 bits per heavy atom. The second-order valence-electron chi connectivity index (χ2n) is 4.75. The minimum absolute atomic E-state index is 0.0952. The SMILES string of the molecule is O=C(COC(=O)CCc1ccco1)NNC(=O)c1ccc(Cl)cc1. The molecule has 0 aliphatic heterocycles. The van der Waals surface area contributed by atoms with Crippen LogP contribution in [0.4, 0.5) is 0 Å². The van der Waals surface area contributed by atoms with Gasteiger partial charge in [0.25, 0.3) is 11.8 Å². The van der Waals surface area contributed by atoms with Gasteiger partial charge in [-0.15, -0.1) is 0 Å². The van der Waals surface area contributed by atoms with Gasteiger partial charge in [-0.25, -0.2) is 0 Å². The van der Waals surface area contributed by atoms with Crippen LogP contribution in [0.25, 0.3) is 0 Å². The number of hydrogen-bond donors (Lipinski definition) is 2. The number of rotatable bonds is 6. The van der Waals surface area contributed by atoms with Crippen molar-refractivity contribution >= 4 is 29.4 Å². The van der Waals surface area contributed by atoms with E-state index in [9.17, 15) is 14.4 Å². The zero-order valence-corrected chi connectivity index (χ0v) is 13.3. The lowest BCUT2D eigenvalue weighted by atomic mass is 10.2. The zero-order chi connectivity index (χ0) is 17.4. The number of halogens is 1. The molecule has 0 atom stereocenters. The Balaban J connectivity index is 1.64. The molecule has 1 aromatic carbocycles. The second-order valence-corrected chi connectivity index (χ2v) is 5.19. The van der Waals surface area contributed by atoms with Crippen LogP contribution in [0, 0.1) is 0 Å². The van der Waals surface area contributed by atoms with E-state index in [0.717, 1.165) is 0 Å². The lowest BCUT2D eigenvalue weighted by Gasteiger charge is -2.08. The predicted octanol–water partition coefficient (Wildman–Crippen LogP) is 1.87. The van der Waals surface area contributed by atoms with Crippen LogP contribution in [0.5, 0.6) is 0 Å². The summed E-state index contributed by atoms with van der Waals surface area (Å²) in [7, 11) is 0. The number of aryl methyl sites for hydroxylation is 1. The van der Waals surface area contributed by atoms with Gasteiger partial charge in [0.05, 0.1) is 12.7 Å². The van der Waals surface area contributed by atoms with Crippen molar-refractivity contribution in [3.8, 4) is 0 Å². The normalized spacial score (nSPS) is 10.0. The number of carbonyl (C=O) groups excluding carboxylic acids is 3. The first kappa shape index (κ1) is 17.6. The van der Waals surface area contributed by atoms with Crippen molar-refractivity contribution in [2.24, 2.45) is 0 Å². The molecule has 0 saturated carbocycles. The standard InChI is InChI=1S/C16H15ClN2O5/c17-12-5-3-11(4-6-12)16(22)19-18-14(20)10-24-15(21)8-7-13-2-1-9-23-13/h1-6,9H,7-8,10H2,(H,18,20)(H,19,22). The molecule has 0 radical (unpaired) electrons. The van der Waals surface area contributed by atoms with E-state index in [1.807, 2.05) is 0 Å². The predicted molar refractivity (Wildman–Crippen MR) is 85.0 cm³/mol. The van der Waals surface area contributed by atoms with Gasteiger partial charge in [0, 0.05) is 17.0 Å². The molecule has 0 aliphatic carbocycles. The van der Waals surface area contributed by atoms with Crippen LogP contribution >= 0.6 is 11.6 Å². The van der Waals surface area contributed by atoms with Gasteiger partial charge in [-0.05, 0) is 36.4 Å². The molecule has 8 heteroatoms. The van der Waals surface area contributed by atoms with Crippen molar-refractivity contribution < 1.29 is 23.5 Å². The largest absolute Gasteiger partial charge is 0.469 e. The molecule has 24 heavy (non-hydrogen) atoms. The van der Waals surface area contributed by atoms with Crippen LogP contribution in [0.15, 0.2) is 47.1 Å². The Morgan fingerprint density at radius 1 is 1.08 bits per heavy atom. The smallest absolute Gasteiger partial charge is 0.306 e. The molecule has 0 unspecified atom stereocenters. The number of hydrogen-bond acceptors (Lipinski definition) is 5. The third-order valence-electron chi connectivity index (χ3n) is 2.94. The van der Waals surface area contributed by atoms with Gasteiger partial charge in [0.1, 0.15) is 5.76 Å². The molecule has 2 amide bonds. The Labute approximate surface area is 142 Å². The molecule has 126 valence electrons. The van der Waals surface area contributed by atoms with Crippen molar-refractivity contribution in [3.05, 3.63) is 59.0 Å². The number of ether oxygens (including phenoxy) is 1. The van der Waals surface area contributed by atoms with E-state index < -0.39 is 24.4 Å². The maximum absolute atomic E-state index is 11.7. The first-order valence-corrected chi connectivity index (χ1v) is 7.45. The molecule has 0 bridgehead atoms. The summed E-state index contributed by atoms with van der Waals surface area (Å²) in [4.78, 5) is 34.8. The Kier molecular flexibility index (Phi) is 6.39. The number of carbonyl (C=O) groups is 3. The van der Waals surface area contributed by atoms with E-state index in [0.29, 0.717) is 22.8 Å². The summed E-state index contributed by atoms with van der Waals surface area (Å²) in [6, 6.07) is 9.60. The van der Waals surface area contributed by atoms with Crippen LogP contribution in [0.1, 0.15) is 22.5 Å². The van der Waals surface area contributed by atoms with Crippen LogP contribution in [0.3, 0.4) is 0 Å². The van der Waals surface area contributed by atoms with E-state index >= 15 is 0 Å². The highest BCUT2D eigenvalue weighted by molar-refractivity contribution is 6.30. The average Bonchev–Trinajstić information content (AvgIpc) is 3.10. The highest BCUT2D eigenvalue weighted by atomic mass is 35.5. The second kappa shape index (κ2) is 8.73. The Bertz CT molecular complexity index is 698. The average molecular weight is 351 g/mol. The number of hydrazine groups is 1. The zero-order valence-electron chi connectivity index (χ0n) is 12.6. The highest BCUT2D eigenvalue weighted by Gasteiger charge is 2.10. The van der Waals surface area contributed by atoms with Crippen LogP contribution in [0.2, 0.25) is 5.02 Å². The molecule has 0 fully saturated rings. The van der Waals surface area contributed by atoms with Crippen molar-refractivity contribution in [3.63, 3.8) is 0 Å². The summed E-state index contributed by atoms with van der Waals surface area (Å²) < 4.78 is 9.88. The minimum atomic E-state index is -0.649. The topological polar surface area (TPSA) is 97.6 Å². The van der Waals surface area contributed by atoms with Crippen LogP contribution in [-0.2, 0) is 20.7 Å². The fourth-order valence-corrected chi connectivity index (χ4v) is 1.86. The van der Waals surface area contributed by atoms with Gasteiger partial charge in [0.15, 0.2) is 6.61 Å². The van der Waals surface area contributed by atoms with Crippen LogP contribution < -0.4 is 10.9 Å². The van der Waals surface area contributed by atoms with E-state index in [4.69, 9.17) is 20.8 Å². The van der Waals surface area contributed by atoms with Crippen molar-refractivity contribution in [1.29, 1.82) is 0 Å². The van der Waals surface area contributed by atoms with Crippen molar-refractivity contribution in [1.82, 2.24) is 10.9 Å². The van der Waals surface area contributed by atoms with Crippen molar-refractivity contribution in [2.75, 3.05) is 6.61 Å². The third kappa shape index (κ3) is 5.77. The molecule has 0 spiro atoms. The lowest BCUT2D eigenvalue weighted by molar-refractivity contribution is -0.148. The lowest BCUT2D eigenvalue weighted by Crippen LogP contribution is -2.43. The number of furan rings is 1. The summed E-state index contributed by atoms with van der Waals surface area (Å²) >= 11 is 5.72. The molecule has 2 aromatic rings. The number of esters is 1. The molecule has 1 heterocycles. The Hall–Kier alpha value is -2.80. The van der Waals surface area contributed by atoms with Crippen LogP contribution in [-0.4, -0.2) is 24.4 Å². The summed E-state index contributed by atoms with van der Waals surface area (Å²) in [5.41, 5.74) is 4.69. The summed E-state index contributed by atoms with van der Waals surface area (Å²) in [5, 5.41) is 0.497. The molecular formula is C16H15ClN2O5. The van der Waals surface area contributed by atoms with Gasteiger partial charge in [-0.1, -0.05) is 11.6 Å². The molecule has 7 nitrogen and oxygen atoms in total. The van der Waals surface area contributed by atoms with Crippen molar-refractivity contribution in [2.45, 2.75) is 12.8 Å². The summed E-state index contributed by atoms with van der Waals surface area (Å²) in [6.07, 6.45) is 2.00. The fourth-order valence-electron chi connectivity index (χ4n) is 1.73. The first-order valence-electron chi connectivity index (χ1n) is 7.07. The van der Waals surface area contributed by atoms with E-state index in [2.05, 4.69) is 10.9 Å². The third-order valence-corrected chi connectivity index (χ3v) is 3.19. The van der Waals surface area contributed by atoms with Gasteiger partial charge in [0.2, 0.25) is 0 Å². The number of amides is 2. The molecule has 2 rings (SSSR count). The Morgan fingerprint density at radius 3 is 2.50 bits per heavy atom. The molecule has 0 aliphatic rings. The summed E-state index contributed by atoms with van der Waals surface area (Å²) in [5.74, 6) is -1.04. The van der Waals surface area contributed by atoms with Gasteiger partial charge < -0.3 is 9.15 Å². The molecule has 0 saturated heterocycles. The molecular weight excluding hydrogens is 336 g/mol. The number of benzene rings is 1. The van der Waals surface area contributed by atoms with Gasteiger partial charge in [-0.2, -0.15) is 0 Å². The molecule has 1 aromatic heterocycles. The maximum atomic E-state index is 11.7. The number of nitrogens with one attached hydrogen (secondary N) is 2. The van der Waals surface area contributed by atoms with Gasteiger partial charge in [-0.3, -0.25) is 25.2 Å². The monoisotopic (exact) mass is 350 g/mol. The van der Waals surface area contributed by atoms with E-state index in [-0.39, 0.29) is 6.42 Å². The van der Waals surface area contributed by atoms with E-state index in [1.165, 1.54) is 18.4 Å². The highest BCUT2D eigenvalue weighted by Crippen LogP contribution is 2.09. The quantitative estimate of drug-likeness (QED) is 0.612. The molecule has 2 N–H and O–H groups in total.